The fourth-order valence-corrected chi connectivity index (χ4v) is 8.38. The van der Waals surface area contributed by atoms with Gasteiger partial charge in [0, 0.05) is 10.9 Å². The van der Waals surface area contributed by atoms with Gasteiger partial charge in [-0.25, -0.2) is 9.97 Å². The van der Waals surface area contributed by atoms with Gasteiger partial charge >= 0.3 is 0 Å². The second-order valence-corrected chi connectivity index (χ2v) is 16.8. The van der Waals surface area contributed by atoms with E-state index in [1.165, 1.54) is 55.6 Å². The van der Waals surface area contributed by atoms with Crippen LogP contribution in [0.1, 0.15) is 74.1 Å². The van der Waals surface area contributed by atoms with Gasteiger partial charge in [0.1, 0.15) is 23.4 Å². The van der Waals surface area contributed by atoms with E-state index in [1.807, 2.05) is 0 Å². The predicted molar refractivity (Wildman–Crippen MR) is 139 cm³/mol. The van der Waals surface area contributed by atoms with E-state index in [-0.39, 0.29) is 12.2 Å². The molecular formula is C26H38N4O2SSi. The number of ether oxygens (including phenoxy) is 1. The average molecular weight is 499 g/mol. The molecular weight excluding hydrogens is 460 g/mol. The van der Waals surface area contributed by atoms with Crippen LogP contribution in [0.3, 0.4) is 0 Å². The van der Waals surface area contributed by atoms with E-state index in [0.717, 1.165) is 54.2 Å². The highest BCUT2D eigenvalue weighted by molar-refractivity contribution is 7.19. The van der Waals surface area contributed by atoms with E-state index in [0.29, 0.717) is 5.92 Å². The van der Waals surface area contributed by atoms with Crippen molar-refractivity contribution < 1.29 is 9.16 Å². The molecule has 0 radical (unpaired) electrons. The summed E-state index contributed by atoms with van der Waals surface area (Å²) in [5.41, 5.74) is 1.33. The summed E-state index contributed by atoms with van der Waals surface area (Å²) in [5.74, 6) is 1.07. The Balaban J connectivity index is 1.31. The van der Waals surface area contributed by atoms with Crippen molar-refractivity contribution in [2.24, 2.45) is 0 Å². The predicted octanol–water partition coefficient (Wildman–Crippen LogP) is 6.03. The number of likely N-dealkylation sites (tertiary alicyclic amines) is 1. The van der Waals surface area contributed by atoms with Crippen LogP contribution in [0.15, 0.2) is 6.33 Å². The Morgan fingerprint density at radius 2 is 1.88 bits per heavy atom. The van der Waals surface area contributed by atoms with Crippen LogP contribution in [-0.2, 0) is 10.8 Å². The summed E-state index contributed by atoms with van der Waals surface area (Å²) in [6.45, 7) is 9.00. The van der Waals surface area contributed by atoms with Crippen LogP contribution < -0.4 is 4.74 Å². The Kier molecular flexibility index (Phi) is 7.26. The molecule has 0 N–H and O–H groups in total. The number of hydrogen-bond acceptors (Lipinski definition) is 7. The molecule has 2 atom stereocenters. The molecule has 184 valence electrons. The molecule has 3 aliphatic rings. The van der Waals surface area contributed by atoms with Crippen molar-refractivity contribution in [2.45, 2.75) is 108 Å². The van der Waals surface area contributed by atoms with Gasteiger partial charge in [0.25, 0.3) is 0 Å². The number of nitriles is 1. The molecule has 1 saturated heterocycles. The SMILES string of the molecule is C[Si](C)(C)OC(C#N)C[C@H]1CCc2sc3ncnc(OC4CCC(N5CCCCC5)CC4)c3c21. The molecule has 1 aliphatic heterocycles. The van der Waals surface area contributed by atoms with Gasteiger partial charge in [-0.1, -0.05) is 6.42 Å². The number of aromatic nitrogens is 2. The highest BCUT2D eigenvalue weighted by Gasteiger charge is 2.34. The minimum absolute atomic E-state index is 0.233. The minimum Gasteiger partial charge on any atom is -0.474 e. The zero-order valence-corrected chi connectivity index (χ0v) is 22.7. The van der Waals surface area contributed by atoms with Crippen LogP contribution in [-0.4, -0.2) is 54.5 Å². The van der Waals surface area contributed by atoms with E-state index in [9.17, 15) is 5.26 Å². The van der Waals surface area contributed by atoms with E-state index >= 15 is 0 Å². The Bertz CT molecular complexity index is 1030. The summed E-state index contributed by atoms with van der Waals surface area (Å²) < 4.78 is 12.8. The lowest BCUT2D eigenvalue weighted by atomic mass is 9.90. The lowest BCUT2D eigenvalue weighted by Crippen LogP contribution is -2.42. The molecule has 2 fully saturated rings. The number of aryl methyl sites for hydroxylation is 1. The van der Waals surface area contributed by atoms with Crippen LogP contribution in [0.25, 0.3) is 10.2 Å². The molecule has 8 heteroatoms. The van der Waals surface area contributed by atoms with Crippen molar-refractivity contribution in [1.29, 1.82) is 5.26 Å². The third-order valence-corrected chi connectivity index (χ3v) is 9.83. The summed E-state index contributed by atoms with van der Waals surface area (Å²) in [6, 6.07) is 3.15. The van der Waals surface area contributed by atoms with Gasteiger partial charge in [0.2, 0.25) is 5.88 Å². The molecule has 2 aromatic rings. The summed E-state index contributed by atoms with van der Waals surface area (Å²) in [5, 5.41) is 10.8. The Labute approximate surface area is 208 Å². The maximum atomic E-state index is 9.75. The first-order valence-electron chi connectivity index (χ1n) is 13.2. The third-order valence-electron chi connectivity index (χ3n) is 7.66. The van der Waals surface area contributed by atoms with Crippen molar-refractivity contribution in [1.82, 2.24) is 14.9 Å². The summed E-state index contributed by atoms with van der Waals surface area (Å²) >= 11 is 1.78. The molecule has 0 bridgehead atoms. The Morgan fingerprint density at radius 1 is 1.12 bits per heavy atom. The quantitative estimate of drug-likeness (QED) is 0.434. The number of piperidine rings is 1. The molecule has 5 rings (SSSR count). The molecule has 3 heterocycles. The number of fused-ring (bicyclic) bond motifs is 3. The van der Waals surface area contributed by atoms with Gasteiger partial charge in [-0.3, -0.25) is 0 Å². The monoisotopic (exact) mass is 498 g/mol. The molecule has 2 aliphatic carbocycles. The first kappa shape index (κ1) is 24.2. The first-order chi connectivity index (χ1) is 16.4. The lowest BCUT2D eigenvalue weighted by molar-refractivity contribution is 0.0756. The zero-order valence-electron chi connectivity index (χ0n) is 20.9. The highest BCUT2D eigenvalue weighted by atomic mass is 32.1. The van der Waals surface area contributed by atoms with Crippen molar-refractivity contribution in [2.75, 3.05) is 13.1 Å². The summed E-state index contributed by atoms with van der Waals surface area (Å²) in [4.78, 5) is 14.4. The van der Waals surface area contributed by atoms with Crippen LogP contribution >= 0.6 is 11.3 Å². The second-order valence-electron chi connectivity index (χ2n) is 11.3. The van der Waals surface area contributed by atoms with Crippen LogP contribution in [0.5, 0.6) is 5.88 Å². The first-order valence-corrected chi connectivity index (χ1v) is 17.4. The van der Waals surface area contributed by atoms with Crippen LogP contribution in [0.4, 0.5) is 0 Å². The van der Waals surface area contributed by atoms with Crippen molar-refractivity contribution in [3.05, 3.63) is 16.8 Å². The van der Waals surface area contributed by atoms with Gasteiger partial charge in [-0.05, 0) is 102 Å². The van der Waals surface area contributed by atoms with Crippen molar-refractivity contribution in [3.8, 4) is 11.9 Å². The number of hydrogen-bond donors (Lipinski definition) is 0. The molecule has 2 aromatic heterocycles. The fraction of sp³-hybridized carbons (Fsp3) is 0.731. The number of thiophene rings is 1. The fourth-order valence-electron chi connectivity index (χ4n) is 6.15. The zero-order chi connectivity index (χ0) is 23.7. The molecule has 6 nitrogen and oxygen atoms in total. The second kappa shape index (κ2) is 10.2. The van der Waals surface area contributed by atoms with E-state index < -0.39 is 8.32 Å². The summed E-state index contributed by atoms with van der Waals surface area (Å²) in [6.07, 6.45) is 13.2. The molecule has 0 aromatic carbocycles. The molecule has 1 saturated carbocycles. The third kappa shape index (κ3) is 5.33. The molecule has 1 unspecified atom stereocenters. The van der Waals surface area contributed by atoms with Gasteiger partial charge < -0.3 is 14.1 Å². The summed E-state index contributed by atoms with van der Waals surface area (Å²) in [7, 11) is -1.77. The maximum absolute atomic E-state index is 9.75. The van der Waals surface area contributed by atoms with Crippen molar-refractivity contribution >= 4 is 29.9 Å². The van der Waals surface area contributed by atoms with Gasteiger partial charge in [-0.15, -0.1) is 11.3 Å². The maximum Gasteiger partial charge on any atom is 0.225 e. The van der Waals surface area contributed by atoms with E-state index in [2.05, 4.69) is 40.6 Å². The van der Waals surface area contributed by atoms with Crippen LogP contribution in [0.2, 0.25) is 19.6 Å². The number of rotatable bonds is 7. The Morgan fingerprint density at radius 3 is 2.59 bits per heavy atom. The van der Waals surface area contributed by atoms with Gasteiger partial charge in [-0.2, -0.15) is 5.26 Å². The molecule has 0 spiro atoms. The van der Waals surface area contributed by atoms with Crippen molar-refractivity contribution in [3.63, 3.8) is 0 Å². The highest BCUT2D eigenvalue weighted by Crippen LogP contribution is 2.48. The topological polar surface area (TPSA) is 71.3 Å². The normalized spacial score (nSPS) is 26.8. The Hall–Kier alpha value is -1.53. The van der Waals surface area contributed by atoms with Gasteiger partial charge in [0.05, 0.1) is 11.5 Å². The average Bonchev–Trinajstić information content (AvgIpc) is 3.39. The number of nitrogens with zero attached hydrogens (tertiary/aromatic N) is 4. The minimum atomic E-state index is -1.77. The van der Waals surface area contributed by atoms with E-state index in [4.69, 9.17) is 9.16 Å². The molecule has 34 heavy (non-hydrogen) atoms. The lowest BCUT2D eigenvalue weighted by Gasteiger charge is -2.38. The smallest absolute Gasteiger partial charge is 0.225 e. The van der Waals surface area contributed by atoms with Crippen LogP contribution in [0, 0.1) is 11.3 Å². The van der Waals surface area contributed by atoms with Gasteiger partial charge in [0.15, 0.2) is 8.32 Å². The standard InChI is InChI=1S/C26H38N4O2SSi/c1-34(2,3)32-21(16-27)15-18-7-12-22-23(18)24-25(28-17-29-26(24)33-22)31-20-10-8-19(9-11-20)30-13-5-4-6-14-30/h17-21H,4-15H2,1-3H3/t18-,19?,20?,21?/m1/s1. The largest absolute Gasteiger partial charge is 0.474 e. The van der Waals surface area contributed by atoms with E-state index in [1.54, 1.807) is 17.7 Å². The molecule has 0 amide bonds.